The molecule has 0 spiro atoms. The van der Waals surface area contributed by atoms with Crippen LogP contribution in [0.25, 0.3) is 0 Å². The molecule has 28 heavy (non-hydrogen) atoms. The number of benzene rings is 1. The Morgan fingerprint density at radius 3 is 2.86 bits per heavy atom. The van der Waals surface area contributed by atoms with Crippen LogP contribution in [-0.2, 0) is 4.74 Å². The van der Waals surface area contributed by atoms with Gasteiger partial charge in [-0.05, 0) is 34.2 Å². The molecule has 7 nitrogen and oxygen atoms in total. The van der Waals surface area contributed by atoms with Crippen molar-refractivity contribution in [2.24, 2.45) is 0 Å². The molecule has 3 heterocycles. The highest BCUT2D eigenvalue weighted by atomic mass is 19.1. The van der Waals surface area contributed by atoms with Gasteiger partial charge in [0.2, 0.25) is 0 Å². The average molecular weight is 391 g/mol. The summed E-state index contributed by atoms with van der Waals surface area (Å²) in [5.74, 6) is -0.225. The van der Waals surface area contributed by atoms with Crippen molar-refractivity contribution >= 4 is 11.5 Å². The third-order valence-corrected chi connectivity index (χ3v) is 5.01. The summed E-state index contributed by atoms with van der Waals surface area (Å²) in [4.78, 5) is 15.8. The van der Waals surface area contributed by atoms with Gasteiger partial charge in [0.25, 0.3) is 0 Å². The van der Waals surface area contributed by atoms with Crippen LogP contribution in [0.3, 0.4) is 0 Å². The minimum Gasteiger partial charge on any atom is -0.488 e. The first kappa shape index (κ1) is 18.5. The first-order valence-electron chi connectivity index (χ1n) is 9.06. The predicted octanol–water partition coefficient (Wildman–Crippen LogP) is 3.59. The molecular formula is C19H19F2N3O4. The summed E-state index contributed by atoms with van der Waals surface area (Å²) in [6.45, 7) is 1.16. The van der Waals surface area contributed by atoms with E-state index in [9.17, 15) is 18.9 Å². The summed E-state index contributed by atoms with van der Waals surface area (Å²) in [6, 6.07) is 6.57. The quantitative estimate of drug-likeness (QED) is 0.573. The van der Waals surface area contributed by atoms with E-state index < -0.39 is 23.0 Å². The Morgan fingerprint density at radius 2 is 2.18 bits per heavy atom. The van der Waals surface area contributed by atoms with Gasteiger partial charge in [-0.3, -0.25) is 0 Å². The summed E-state index contributed by atoms with van der Waals surface area (Å²) >= 11 is 0. The highest BCUT2D eigenvalue weighted by Gasteiger charge is 2.36. The largest absolute Gasteiger partial charge is 0.488 e. The molecule has 0 N–H and O–H groups in total. The number of rotatable bonds is 5. The van der Waals surface area contributed by atoms with Crippen LogP contribution in [0, 0.1) is 15.9 Å². The van der Waals surface area contributed by atoms with Crippen LogP contribution in [-0.4, -0.2) is 41.9 Å². The predicted molar refractivity (Wildman–Crippen MR) is 96.7 cm³/mol. The molecule has 9 heteroatoms. The number of alkyl halides is 1. The van der Waals surface area contributed by atoms with Crippen molar-refractivity contribution in [1.82, 2.24) is 4.98 Å². The summed E-state index contributed by atoms with van der Waals surface area (Å²) in [7, 11) is 0. The van der Waals surface area contributed by atoms with Crippen molar-refractivity contribution in [1.29, 1.82) is 0 Å². The fraction of sp³-hybridized carbons (Fsp3) is 0.421. The molecule has 0 saturated carbocycles. The Balaban J connectivity index is 1.66. The highest BCUT2D eigenvalue weighted by Crippen LogP contribution is 2.41. The van der Waals surface area contributed by atoms with Gasteiger partial charge in [0, 0.05) is 24.5 Å². The van der Waals surface area contributed by atoms with Crippen molar-refractivity contribution in [2.75, 3.05) is 24.7 Å². The van der Waals surface area contributed by atoms with E-state index in [4.69, 9.17) is 9.47 Å². The molecule has 1 unspecified atom stereocenters. The van der Waals surface area contributed by atoms with Gasteiger partial charge >= 0.3 is 5.82 Å². The number of anilines is 1. The molecule has 0 aliphatic carbocycles. The van der Waals surface area contributed by atoms with Gasteiger partial charge in [-0.2, -0.15) is 0 Å². The number of ether oxygens (including phenoxy) is 2. The fourth-order valence-corrected chi connectivity index (χ4v) is 3.69. The Morgan fingerprint density at radius 1 is 1.32 bits per heavy atom. The van der Waals surface area contributed by atoms with Crippen molar-refractivity contribution in [2.45, 2.75) is 31.2 Å². The Bertz CT molecular complexity index is 859. The average Bonchev–Trinajstić information content (AvgIpc) is 3.33. The third-order valence-electron chi connectivity index (χ3n) is 5.01. The summed E-state index contributed by atoms with van der Waals surface area (Å²) in [5.41, 5.74) is 1.08. The molecule has 3 atom stereocenters. The highest BCUT2D eigenvalue weighted by molar-refractivity contribution is 5.53. The Labute approximate surface area is 160 Å². The first-order chi connectivity index (χ1) is 13.5. The smallest absolute Gasteiger partial charge is 0.363 e. The second-order valence-electron chi connectivity index (χ2n) is 6.92. The van der Waals surface area contributed by atoms with Crippen LogP contribution in [0.15, 0.2) is 36.5 Å². The van der Waals surface area contributed by atoms with E-state index in [1.54, 1.807) is 11.0 Å². The van der Waals surface area contributed by atoms with E-state index in [1.165, 1.54) is 30.5 Å². The van der Waals surface area contributed by atoms with Gasteiger partial charge in [-0.1, -0.05) is 0 Å². The van der Waals surface area contributed by atoms with Gasteiger partial charge < -0.3 is 24.5 Å². The van der Waals surface area contributed by atoms with E-state index in [0.29, 0.717) is 30.2 Å². The van der Waals surface area contributed by atoms with Gasteiger partial charge in [-0.15, -0.1) is 0 Å². The number of aromatic nitrogens is 1. The lowest BCUT2D eigenvalue weighted by Crippen LogP contribution is -2.25. The summed E-state index contributed by atoms with van der Waals surface area (Å²) in [6.07, 6.45) is 1.00. The second kappa shape index (κ2) is 7.67. The summed E-state index contributed by atoms with van der Waals surface area (Å²) in [5, 5.41) is 10.8. The zero-order chi connectivity index (χ0) is 19.7. The van der Waals surface area contributed by atoms with Gasteiger partial charge in [0.1, 0.15) is 23.8 Å². The van der Waals surface area contributed by atoms with Crippen LogP contribution in [0.2, 0.25) is 0 Å². The lowest BCUT2D eigenvalue weighted by Gasteiger charge is -2.28. The maximum Gasteiger partial charge on any atom is 0.363 e. The number of hydrogen-bond acceptors (Lipinski definition) is 6. The van der Waals surface area contributed by atoms with Gasteiger partial charge in [0.15, 0.2) is 6.20 Å². The number of pyridine rings is 1. The monoisotopic (exact) mass is 391 g/mol. The molecule has 1 aromatic carbocycles. The minimum atomic E-state index is -1.12. The number of halogens is 2. The van der Waals surface area contributed by atoms with Crippen LogP contribution < -0.4 is 9.64 Å². The van der Waals surface area contributed by atoms with E-state index in [2.05, 4.69) is 4.98 Å². The maximum absolute atomic E-state index is 14.3. The number of hydrogen-bond donors (Lipinski definition) is 0. The Hall–Kier alpha value is -2.81. The van der Waals surface area contributed by atoms with E-state index in [0.717, 1.165) is 6.42 Å². The zero-order valence-electron chi connectivity index (χ0n) is 15.0. The minimum absolute atomic E-state index is 0.0899. The molecule has 0 radical (unpaired) electrons. The number of nitrogens with zero attached hydrogens (tertiary/aromatic N) is 3. The molecule has 0 amide bonds. The molecule has 148 valence electrons. The molecule has 0 bridgehead atoms. The Kier molecular flexibility index (Phi) is 5.08. The van der Waals surface area contributed by atoms with Gasteiger partial charge in [-0.25, -0.2) is 8.78 Å². The van der Waals surface area contributed by atoms with Gasteiger partial charge in [0.05, 0.1) is 31.5 Å². The zero-order valence-corrected chi connectivity index (χ0v) is 15.0. The van der Waals surface area contributed by atoms with Crippen LogP contribution in [0.5, 0.6) is 5.75 Å². The van der Waals surface area contributed by atoms with E-state index >= 15 is 0 Å². The topological polar surface area (TPSA) is 77.7 Å². The normalized spacial score (nSPS) is 24.5. The van der Waals surface area contributed by atoms with Crippen LogP contribution >= 0.6 is 0 Å². The third kappa shape index (κ3) is 3.75. The van der Waals surface area contributed by atoms with E-state index in [-0.39, 0.29) is 24.9 Å². The number of nitro groups is 1. The lowest BCUT2D eigenvalue weighted by molar-refractivity contribution is -0.389. The molecule has 2 saturated heterocycles. The second-order valence-corrected chi connectivity index (χ2v) is 6.92. The van der Waals surface area contributed by atoms with Crippen molar-refractivity contribution in [3.05, 3.63) is 58.0 Å². The molecule has 2 aliphatic heterocycles. The molecule has 4 rings (SSSR count). The van der Waals surface area contributed by atoms with Crippen LogP contribution in [0.4, 0.5) is 20.3 Å². The fourth-order valence-electron chi connectivity index (χ4n) is 3.69. The van der Waals surface area contributed by atoms with Crippen LogP contribution in [0.1, 0.15) is 24.4 Å². The van der Waals surface area contributed by atoms with Crippen molar-refractivity contribution in [3.63, 3.8) is 0 Å². The van der Waals surface area contributed by atoms with Crippen molar-refractivity contribution in [3.8, 4) is 5.75 Å². The molecular weight excluding hydrogens is 372 g/mol. The lowest BCUT2D eigenvalue weighted by atomic mass is 10.0. The van der Waals surface area contributed by atoms with Crippen molar-refractivity contribution < 1.29 is 23.2 Å². The van der Waals surface area contributed by atoms with E-state index in [1.807, 2.05) is 0 Å². The first-order valence-corrected chi connectivity index (χ1v) is 9.06. The molecule has 1 aromatic heterocycles. The maximum atomic E-state index is 14.3. The molecule has 2 aliphatic rings. The molecule has 2 fully saturated rings. The summed E-state index contributed by atoms with van der Waals surface area (Å²) < 4.78 is 39.6. The SMILES string of the molecule is O=[N+]([O-])c1ccc(N2C[C@@H](F)CC2c2cc(F)ccc2O[C@@H]2CCOC2)cn1. The standard InChI is InChI=1S/C19H19F2N3O4/c20-12-1-3-18(28-15-5-6-27-11-15)16(7-12)17-8-13(21)10-23(17)14-2-4-19(22-9-14)24(25)26/h1-4,7,9,13,15,17H,5-6,8,10-11H2/t13-,15+,17?/m0/s1. The molecule has 2 aromatic rings.